The minimum absolute atomic E-state index is 0.0999. The lowest BCUT2D eigenvalue weighted by atomic mass is 9.82. The molecule has 2 unspecified atom stereocenters. The van der Waals surface area contributed by atoms with E-state index in [1.54, 1.807) is 24.3 Å². The number of benzene rings is 2. The van der Waals surface area contributed by atoms with Gasteiger partial charge in [0, 0.05) is 7.11 Å². The van der Waals surface area contributed by atoms with Gasteiger partial charge < -0.3 is 10.6 Å². The fraction of sp³-hybridized carbons (Fsp3) is 0.478. The molecule has 2 aliphatic rings. The molecule has 174 valence electrons. The zero-order chi connectivity index (χ0) is 23.0. The molecule has 1 fully saturated rings. The third kappa shape index (κ3) is 5.33. The first-order valence-corrected chi connectivity index (χ1v) is 14.0. The molecule has 9 heteroatoms. The summed E-state index contributed by atoms with van der Waals surface area (Å²) in [6.45, 7) is 0. The highest BCUT2D eigenvalue weighted by Crippen LogP contribution is 2.51. The Morgan fingerprint density at radius 3 is 2.62 bits per heavy atom. The third-order valence-electron chi connectivity index (χ3n) is 6.63. The van der Waals surface area contributed by atoms with Crippen LogP contribution in [0.1, 0.15) is 48.3 Å². The van der Waals surface area contributed by atoms with Gasteiger partial charge in [-0.2, -0.15) is 0 Å². The van der Waals surface area contributed by atoms with Crippen LogP contribution in [0.2, 0.25) is 0 Å². The van der Waals surface area contributed by atoms with Crippen molar-refractivity contribution in [3.8, 4) is 0 Å². The van der Waals surface area contributed by atoms with Crippen LogP contribution in [0.25, 0.3) is 0 Å². The molecule has 0 heterocycles. The minimum Gasteiger partial charge on any atom is -0.303 e. The topological polar surface area (TPSA) is 116 Å². The van der Waals surface area contributed by atoms with Crippen LogP contribution in [-0.2, 0) is 36.3 Å². The molecule has 0 aliphatic heterocycles. The molecule has 0 amide bonds. The molecular weight excluding hydrogens is 449 g/mol. The maximum atomic E-state index is 12.8. The van der Waals surface area contributed by atoms with Gasteiger partial charge in [-0.1, -0.05) is 36.4 Å². The fourth-order valence-electron chi connectivity index (χ4n) is 4.96. The van der Waals surface area contributed by atoms with Crippen molar-refractivity contribution in [3.63, 3.8) is 0 Å². The molecule has 0 aromatic heterocycles. The lowest BCUT2D eigenvalue weighted by molar-refractivity contribution is 0.0368. The second-order valence-corrected chi connectivity index (χ2v) is 12.5. The molecule has 4 rings (SSSR count). The first-order valence-electron chi connectivity index (χ1n) is 10.9. The zero-order valence-electron chi connectivity index (χ0n) is 18.1. The third-order valence-corrected chi connectivity index (χ3v) is 9.58. The van der Waals surface area contributed by atoms with E-state index in [1.165, 1.54) is 11.1 Å². The molecule has 2 aromatic rings. The number of nitrogens with two attached hydrogens (primary N) is 1. The van der Waals surface area contributed by atoms with E-state index in [0.717, 1.165) is 38.4 Å². The van der Waals surface area contributed by atoms with E-state index < -0.39 is 23.4 Å². The molecule has 3 N–H and O–H groups in total. The van der Waals surface area contributed by atoms with E-state index >= 15 is 0 Å². The number of hydrogen-bond acceptors (Lipinski definition) is 6. The summed E-state index contributed by atoms with van der Waals surface area (Å²) in [5.41, 5.74) is 8.62. The van der Waals surface area contributed by atoms with E-state index in [4.69, 9.17) is 10.3 Å². The molecule has 0 bridgehead atoms. The van der Waals surface area contributed by atoms with Crippen LogP contribution in [0, 0.1) is 5.92 Å². The van der Waals surface area contributed by atoms with Crippen molar-refractivity contribution in [2.24, 2.45) is 11.7 Å². The van der Waals surface area contributed by atoms with Crippen LogP contribution in [0.4, 0.5) is 0 Å². The summed E-state index contributed by atoms with van der Waals surface area (Å²) in [4.78, 5) is 10.0. The highest BCUT2D eigenvalue weighted by atomic mass is 32.2. The Bertz CT molecular complexity index is 1120. The zero-order valence-corrected chi connectivity index (χ0v) is 19.9. The second kappa shape index (κ2) is 9.01. The monoisotopic (exact) mass is 479 g/mol. The van der Waals surface area contributed by atoms with Crippen LogP contribution in [0.15, 0.2) is 53.4 Å². The summed E-state index contributed by atoms with van der Waals surface area (Å²) < 4.78 is 47.0. The number of hydrogen-bond donors (Lipinski definition) is 2. The predicted octanol–water partition coefficient (Wildman–Crippen LogP) is 3.95. The van der Waals surface area contributed by atoms with Crippen molar-refractivity contribution in [2.45, 2.75) is 55.1 Å². The molecule has 0 radical (unpaired) electrons. The Labute approximate surface area is 189 Å². The lowest BCUT2D eigenvalue weighted by Crippen LogP contribution is -2.39. The van der Waals surface area contributed by atoms with E-state index in [2.05, 4.69) is 22.7 Å². The Morgan fingerprint density at radius 2 is 1.91 bits per heavy atom. The summed E-state index contributed by atoms with van der Waals surface area (Å²) in [6.07, 6.45) is 4.10. The van der Waals surface area contributed by atoms with Crippen molar-refractivity contribution < 1.29 is 26.9 Å². The fourth-order valence-corrected chi connectivity index (χ4v) is 7.32. The quantitative estimate of drug-likeness (QED) is 0.456. The summed E-state index contributed by atoms with van der Waals surface area (Å²) in [5.74, 6) is 0.399. The number of phosphoric ester groups is 1. The predicted molar refractivity (Wildman–Crippen MR) is 122 cm³/mol. The smallest absolute Gasteiger partial charge is 0.303 e. The maximum absolute atomic E-state index is 12.8. The summed E-state index contributed by atoms with van der Waals surface area (Å²) in [7, 11) is -6.32. The molecular formula is C23H30NO6PS. The van der Waals surface area contributed by atoms with Crippen LogP contribution in [0.3, 0.4) is 0 Å². The SMILES string of the molecule is COP(=O)(O)O[C@]1(N)CC[C@H](c2ccc3c(c2)CCC(CS(=O)(=O)c2ccccc2)C3)C1. The minimum atomic E-state index is -4.15. The standard InChI is InChI=1S/C23H30NO6PS/c1-29-31(25,26)30-23(24)12-11-21(15-23)20-10-9-18-13-17(7-8-19(18)14-20)16-32(27,28)22-5-3-2-4-6-22/h2-6,9-10,14,17,21H,7-8,11-13,15-16,24H2,1H3,(H,25,26)/t17?,21-,23+/m0/s1. The van der Waals surface area contributed by atoms with Gasteiger partial charge in [-0.15, -0.1) is 0 Å². The summed E-state index contributed by atoms with van der Waals surface area (Å²) in [6, 6.07) is 15.0. The van der Waals surface area contributed by atoms with Crippen LogP contribution >= 0.6 is 7.82 Å². The molecule has 2 aliphatic carbocycles. The van der Waals surface area contributed by atoms with Gasteiger partial charge in [-0.05, 0) is 79.2 Å². The summed E-state index contributed by atoms with van der Waals surface area (Å²) >= 11 is 0. The average Bonchev–Trinajstić information content (AvgIpc) is 3.14. The van der Waals surface area contributed by atoms with Gasteiger partial charge in [0.2, 0.25) is 0 Å². The van der Waals surface area contributed by atoms with Gasteiger partial charge in [0.15, 0.2) is 9.84 Å². The van der Waals surface area contributed by atoms with Gasteiger partial charge in [-0.25, -0.2) is 13.0 Å². The van der Waals surface area contributed by atoms with E-state index in [9.17, 15) is 17.9 Å². The Kier molecular flexibility index (Phi) is 6.65. The van der Waals surface area contributed by atoms with Gasteiger partial charge >= 0.3 is 7.82 Å². The highest BCUT2D eigenvalue weighted by Gasteiger charge is 2.43. The van der Waals surface area contributed by atoms with Crippen LogP contribution in [0.5, 0.6) is 0 Å². The Balaban J connectivity index is 1.42. The number of fused-ring (bicyclic) bond motifs is 1. The van der Waals surface area contributed by atoms with Crippen molar-refractivity contribution in [1.82, 2.24) is 0 Å². The first kappa shape index (κ1) is 23.6. The molecule has 32 heavy (non-hydrogen) atoms. The van der Waals surface area contributed by atoms with Crippen molar-refractivity contribution in [1.29, 1.82) is 0 Å². The van der Waals surface area contributed by atoms with Crippen molar-refractivity contribution in [3.05, 3.63) is 65.2 Å². The molecule has 7 nitrogen and oxygen atoms in total. The molecule has 0 saturated heterocycles. The lowest BCUT2D eigenvalue weighted by Gasteiger charge is -2.27. The molecule has 1 saturated carbocycles. The molecule has 2 aromatic carbocycles. The van der Waals surface area contributed by atoms with Crippen molar-refractivity contribution in [2.75, 3.05) is 12.9 Å². The molecule has 0 spiro atoms. The Hall–Kier alpha value is -1.54. The highest BCUT2D eigenvalue weighted by molar-refractivity contribution is 7.91. The average molecular weight is 480 g/mol. The number of rotatable bonds is 7. The maximum Gasteiger partial charge on any atom is 0.473 e. The van der Waals surface area contributed by atoms with Gasteiger partial charge in [0.25, 0.3) is 0 Å². The number of sulfone groups is 1. The van der Waals surface area contributed by atoms with Gasteiger partial charge in [0.05, 0.1) is 10.6 Å². The number of phosphoric acid groups is 1. The van der Waals surface area contributed by atoms with E-state index in [-0.39, 0.29) is 17.6 Å². The van der Waals surface area contributed by atoms with Crippen molar-refractivity contribution >= 4 is 17.7 Å². The van der Waals surface area contributed by atoms with Crippen LogP contribution < -0.4 is 5.73 Å². The van der Waals surface area contributed by atoms with Crippen LogP contribution in [-0.4, -0.2) is 31.9 Å². The second-order valence-electron chi connectivity index (χ2n) is 8.98. The number of aryl methyl sites for hydroxylation is 1. The normalized spacial score (nSPS) is 27.6. The molecule has 4 atom stereocenters. The first-order chi connectivity index (χ1) is 15.1. The van der Waals surface area contributed by atoms with E-state index in [0.29, 0.717) is 17.7 Å². The van der Waals surface area contributed by atoms with Gasteiger partial charge in [0.1, 0.15) is 5.72 Å². The van der Waals surface area contributed by atoms with Gasteiger partial charge in [-0.3, -0.25) is 9.05 Å². The largest absolute Gasteiger partial charge is 0.473 e. The van der Waals surface area contributed by atoms with E-state index in [1.807, 2.05) is 6.07 Å². The summed E-state index contributed by atoms with van der Waals surface area (Å²) in [5, 5.41) is 0. The Morgan fingerprint density at radius 1 is 1.16 bits per heavy atom.